The zero-order chi connectivity index (χ0) is 21.6. The van der Waals surface area contributed by atoms with Gasteiger partial charge in [-0.2, -0.15) is 0 Å². The maximum Gasteiger partial charge on any atom is 0.194 e. The van der Waals surface area contributed by atoms with Crippen molar-refractivity contribution in [2.45, 2.75) is 24.3 Å². The number of sulfone groups is 1. The molecule has 3 heterocycles. The van der Waals surface area contributed by atoms with E-state index in [4.69, 9.17) is 4.74 Å². The van der Waals surface area contributed by atoms with Gasteiger partial charge in [0.25, 0.3) is 0 Å². The highest BCUT2D eigenvalue weighted by molar-refractivity contribution is 7.90. The van der Waals surface area contributed by atoms with Crippen molar-refractivity contribution >= 4 is 15.4 Å². The monoisotopic (exact) mass is 437 g/mol. The van der Waals surface area contributed by atoms with E-state index in [-0.39, 0.29) is 10.8 Å². The van der Waals surface area contributed by atoms with Crippen molar-refractivity contribution < 1.29 is 17.5 Å². The number of aryl methyl sites for hydroxylation is 1. The van der Waals surface area contributed by atoms with Gasteiger partial charge in [-0.05, 0) is 29.7 Å². The average Bonchev–Trinajstić information content (AvgIpc) is 3.41. The lowest BCUT2D eigenvalue weighted by atomic mass is 10.00. The summed E-state index contributed by atoms with van der Waals surface area (Å²) < 4.78 is 46.6. The molecule has 0 aliphatic carbocycles. The predicted octanol–water partition coefficient (Wildman–Crippen LogP) is 3.66. The molecule has 4 aromatic rings. The number of halogens is 1. The van der Waals surface area contributed by atoms with Crippen LogP contribution in [0.3, 0.4) is 0 Å². The maximum atomic E-state index is 14.5. The molecule has 5 rings (SSSR count). The molecule has 31 heavy (non-hydrogen) atoms. The van der Waals surface area contributed by atoms with Gasteiger partial charge in [-0.3, -0.25) is 4.40 Å². The van der Waals surface area contributed by atoms with Gasteiger partial charge in [-0.25, -0.2) is 22.8 Å². The Hall–Kier alpha value is -3.26. The molecule has 0 saturated carbocycles. The third kappa shape index (κ3) is 3.46. The highest BCUT2D eigenvalue weighted by atomic mass is 32.2. The molecule has 8 heteroatoms. The molecule has 0 radical (unpaired) electrons. The van der Waals surface area contributed by atoms with Crippen molar-refractivity contribution in [1.29, 1.82) is 0 Å². The van der Waals surface area contributed by atoms with Gasteiger partial charge in [-0.1, -0.05) is 30.3 Å². The molecule has 0 amide bonds. The molecule has 0 fully saturated rings. The summed E-state index contributed by atoms with van der Waals surface area (Å²) in [7, 11) is -3.55. The minimum Gasteiger partial charge on any atom is -0.493 e. The van der Waals surface area contributed by atoms with Gasteiger partial charge in [0.1, 0.15) is 23.7 Å². The van der Waals surface area contributed by atoms with Crippen LogP contribution in [-0.4, -0.2) is 35.6 Å². The summed E-state index contributed by atoms with van der Waals surface area (Å²) in [6.45, 7) is 0.555. The van der Waals surface area contributed by atoms with E-state index in [1.807, 2.05) is 30.3 Å². The minimum atomic E-state index is -3.55. The summed E-state index contributed by atoms with van der Waals surface area (Å²) in [4.78, 5) is 8.78. The number of imidazole rings is 1. The molecule has 1 aliphatic heterocycles. The minimum absolute atomic E-state index is 0.00943. The summed E-state index contributed by atoms with van der Waals surface area (Å²) >= 11 is 0. The van der Waals surface area contributed by atoms with E-state index in [1.165, 1.54) is 12.4 Å². The van der Waals surface area contributed by atoms with Crippen LogP contribution in [0.2, 0.25) is 0 Å². The van der Waals surface area contributed by atoms with Gasteiger partial charge < -0.3 is 4.74 Å². The lowest BCUT2D eigenvalue weighted by molar-refractivity contribution is 0.356. The van der Waals surface area contributed by atoms with Crippen LogP contribution in [0.25, 0.3) is 16.6 Å². The van der Waals surface area contributed by atoms with Gasteiger partial charge in [0.05, 0.1) is 12.1 Å². The third-order valence-electron chi connectivity index (χ3n) is 5.59. The molecule has 2 aromatic carbocycles. The first-order valence-electron chi connectivity index (χ1n) is 9.97. The SMILES string of the molecule is CS(=O)(=O)c1ncn2c(CCc3c(F)ccc4c3CCO4)ncc(-c3ccccc3)c12. The summed E-state index contributed by atoms with van der Waals surface area (Å²) in [5, 5.41) is 0.00943. The van der Waals surface area contributed by atoms with Gasteiger partial charge in [0.2, 0.25) is 0 Å². The molecule has 6 nitrogen and oxygen atoms in total. The highest BCUT2D eigenvalue weighted by Gasteiger charge is 2.23. The van der Waals surface area contributed by atoms with E-state index in [1.54, 1.807) is 16.7 Å². The number of hydrogen-bond donors (Lipinski definition) is 0. The number of hydrogen-bond acceptors (Lipinski definition) is 5. The van der Waals surface area contributed by atoms with Crippen LogP contribution in [-0.2, 0) is 29.1 Å². The summed E-state index contributed by atoms with van der Waals surface area (Å²) in [5.41, 5.74) is 3.55. The van der Waals surface area contributed by atoms with Crippen LogP contribution >= 0.6 is 0 Å². The number of rotatable bonds is 5. The Morgan fingerprint density at radius 1 is 1.10 bits per heavy atom. The van der Waals surface area contributed by atoms with Crippen molar-refractivity contribution in [3.63, 3.8) is 0 Å². The Morgan fingerprint density at radius 3 is 2.68 bits per heavy atom. The molecule has 0 N–H and O–H groups in total. The van der Waals surface area contributed by atoms with Gasteiger partial charge in [-0.15, -0.1) is 0 Å². The fourth-order valence-electron chi connectivity index (χ4n) is 4.14. The summed E-state index contributed by atoms with van der Waals surface area (Å²) in [6.07, 6.45) is 5.84. The van der Waals surface area contributed by atoms with Crippen LogP contribution in [0, 0.1) is 5.82 Å². The smallest absolute Gasteiger partial charge is 0.194 e. The fraction of sp³-hybridized carbons (Fsp3) is 0.217. The molecule has 0 bridgehead atoms. The Kier molecular flexibility index (Phi) is 4.74. The van der Waals surface area contributed by atoms with Crippen molar-refractivity contribution in [2.75, 3.05) is 12.9 Å². The van der Waals surface area contributed by atoms with E-state index in [0.717, 1.165) is 23.1 Å². The van der Waals surface area contributed by atoms with Crippen LogP contribution in [0.4, 0.5) is 4.39 Å². The van der Waals surface area contributed by atoms with Gasteiger partial charge in [0, 0.05) is 36.4 Å². The second-order valence-electron chi connectivity index (χ2n) is 7.60. The van der Waals surface area contributed by atoms with E-state index < -0.39 is 9.84 Å². The standard InChI is InChI=1S/C23H20FN3O3S/c1-31(28,29)23-22-18(15-5-3-2-4-6-15)13-25-21(27(22)14-26-23)10-7-16-17-11-12-30-20(17)9-8-19(16)24/h2-6,8-9,13-14H,7,10-12H2,1H3. The predicted molar refractivity (Wildman–Crippen MR) is 115 cm³/mol. The van der Waals surface area contributed by atoms with E-state index in [9.17, 15) is 12.8 Å². The highest BCUT2D eigenvalue weighted by Crippen LogP contribution is 2.32. The van der Waals surface area contributed by atoms with E-state index in [0.29, 0.717) is 48.3 Å². The fourth-order valence-corrected chi connectivity index (χ4v) is 4.94. The Morgan fingerprint density at radius 2 is 1.90 bits per heavy atom. The molecule has 0 spiro atoms. The molecular weight excluding hydrogens is 417 g/mol. The first-order valence-corrected chi connectivity index (χ1v) is 11.9. The van der Waals surface area contributed by atoms with E-state index >= 15 is 0 Å². The van der Waals surface area contributed by atoms with Gasteiger partial charge >= 0.3 is 0 Å². The number of nitrogens with zero attached hydrogens (tertiary/aromatic N) is 3. The van der Waals surface area contributed by atoms with Crippen molar-refractivity contribution in [3.8, 4) is 16.9 Å². The summed E-state index contributed by atoms with van der Waals surface area (Å²) in [6, 6.07) is 12.6. The van der Waals surface area contributed by atoms with Gasteiger partial charge in [0.15, 0.2) is 14.9 Å². The zero-order valence-electron chi connectivity index (χ0n) is 16.9. The maximum absolute atomic E-state index is 14.5. The molecular formula is C23H20FN3O3S. The lowest BCUT2D eigenvalue weighted by Gasteiger charge is -2.12. The number of ether oxygens (including phenoxy) is 1. The van der Waals surface area contributed by atoms with Crippen LogP contribution in [0.1, 0.15) is 17.0 Å². The summed E-state index contributed by atoms with van der Waals surface area (Å²) in [5.74, 6) is 1.09. The first kappa shape index (κ1) is 19.7. The zero-order valence-corrected chi connectivity index (χ0v) is 17.7. The topological polar surface area (TPSA) is 73.6 Å². The quantitative estimate of drug-likeness (QED) is 0.476. The first-order chi connectivity index (χ1) is 14.9. The van der Waals surface area contributed by atoms with Crippen molar-refractivity contribution in [1.82, 2.24) is 14.4 Å². The van der Waals surface area contributed by atoms with Crippen molar-refractivity contribution in [3.05, 3.63) is 77.8 Å². The number of aromatic nitrogens is 3. The second-order valence-corrected chi connectivity index (χ2v) is 9.53. The molecule has 0 atom stereocenters. The largest absolute Gasteiger partial charge is 0.493 e. The Labute approximate surface area is 179 Å². The molecule has 0 unspecified atom stereocenters. The van der Waals surface area contributed by atoms with Crippen LogP contribution in [0.15, 0.2) is 60.0 Å². The van der Waals surface area contributed by atoms with Crippen LogP contribution < -0.4 is 4.74 Å². The Balaban J connectivity index is 1.60. The molecule has 1 aliphatic rings. The van der Waals surface area contributed by atoms with Crippen LogP contribution in [0.5, 0.6) is 5.75 Å². The average molecular weight is 437 g/mol. The molecule has 2 aromatic heterocycles. The van der Waals surface area contributed by atoms with E-state index in [2.05, 4.69) is 9.97 Å². The Bertz CT molecular complexity index is 1400. The second kappa shape index (κ2) is 7.46. The molecule has 158 valence electrons. The third-order valence-corrected chi connectivity index (χ3v) is 6.59. The normalized spacial score (nSPS) is 13.4. The number of fused-ring (bicyclic) bond motifs is 2. The molecule has 0 saturated heterocycles. The lowest BCUT2D eigenvalue weighted by Crippen LogP contribution is -2.07. The number of benzene rings is 2. The van der Waals surface area contributed by atoms with Crippen molar-refractivity contribution in [2.24, 2.45) is 0 Å².